The van der Waals surface area contributed by atoms with E-state index in [0.29, 0.717) is 12.1 Å². The maximum atomic E-state index is 11.8. The van der Waals surface area contributed by atoms with Crippen LogP contribution in [0.1, 0.15) is 42.7 Å². The Hall–Kier alpha value is -1.77. The molecule has 0 saturated carbocycles. The normalized spacial score (nSPS) is 17.9. The van der Waals surface area contributed by atoms with E-state index < -0.39 is 0 Å². The van der Waals surface area contributed by atoms with Gasteiger partial charge in [-0.1, -0.05) is 30.7 Å². The Morgan fingerprint density at radius 1 is 1.39 bits per heavy atom. The molecule has 0 aromatic heterocycles. The maximum Gasteiger partial charge on any atom is 0.196 e. The van der Waals surface area contributed by atoms with Crippen LogP contribution in [-0.2, 0) is 9.53 Å². The van der Waals surface area contributed by atoms with Gasteiger partial charge >= 0.3 is 0 Å². The summed E-state index contributed by atoms with van der Waals surface area (Å²) in [4.78, 5) is 11.8. The third kappa shape index (κ3) is 2.55. The van der Waals surface area contributed by atoms with Crippen molar-refractivity contribution in [1.82, 2.24) is 5.32 Å². The summed E-state index contributed by atoms with van der Waals surface area (Å²) in [6.45, 7) is 6.09. The summed E-state index contributed by atoms with van der Waals surface area (Å²) < 4.78 is 5.56. The van der Waals surface area contributed by atoms with Crippen molar-refractivity contribution in [3.63, 3.8) is 0 Å². The van der Waals surface area contributed by atoms with E-state index in [1.165, 1.54) is 5.56 Å². The highest BCUT2D eigenvalue weighted by Crippen LogP contribution is 2.26. The van der Waals surface area contributed by atoms with Crippen molar-refractivity contribution in [1.29, 1.82) is 0 Å². The first-order chi connectivity index (χ1) is 8.61. The SMILES string of the molecule is CCCC(=O)C1=COC(c2cc(C)ccc2C)N1. The van der Waals surface area contributed by atoms with Gasteiger partial charge in [-0.15, -0.1) is 0 Å². The zero-order chi connectivity index (χ0) is 13.1. The molecular formula is C15H19NO2. The third-order valence-corrected chi connectivity index (χ3v) is 3.10. The van der Waals surface area contributed by atoms with E-state index in [0.717, 1.165) is 17.5 Å². The number of nitrogens with one attached hydrogen (secondary N) is 1. The molecule has 1 aliphatic rings. The second kappa shape index (κ2) is 5.25. The van der Waals surface area contributed by atoms with Gasteiger partial charge in [0.1, 0.15) is 12.0 Å². The third-order valence-electron chi connectivity index (χ3n) is 3.10. The molecule has 3 heteroatoms. The molecule has 1 N–H and O–H groups in total. The number of benzene rings is 1. The lowest BCUT2D eigenvalue weighted by molar-refractivity contribution is -0.115. The van der Waals surface area contributed by atoms with Gasteiger partial charge in [-0.2, -0.15) is 0 Å². The van der Waals surface area contributed by atoms with Crippen molar-refractivity contribution in [2.75, 3.05) is 0 Å². The van der Waals surface area contributed by atoms with Gasteiger partial charge < -0.3 is 10.1 Å². The molecule has 1 aliphatic heterocycles. The van der Waals surface area contributed by atoms with Gasteiger partial charge in [-0.25, -0.2) is 0 Å². The van der Waals surface area contributed by atoms with Gasteiger partial charge in [0.25, 0.3) is 0 Å². The van der Waals surface area contributed by atoms with E-state index in [9.17, 15) is 4.79 Å². The molecule has 2 rings (SSSR count). The summed E-state index contributed by atoms with van der Waals surface area (Å²) in [6.07, 6.45) is 2.72. The molecule has 1 atom stereocenters. The molecule has 0 saturated heterocycles. The fourth-order valence-electron chi connectivity index (χ4n) is 2.05. The number of carbonyl (C=O) groups is 1. The zero-order valence-corrected chi connectivity index (χ0v) is 11.1. The van der Waals surface area contributed by atoms with Crippen molar-refractivity contribution in [3.8, 4) is 0 Å². The molecule has 0 radical (unpaired) electrons. The summed E-state index contributed by atoms with van der Waals surface area (Å²) >= 11 is 0. The monoisotopic (exact) mass is 245 g/mol. The largest absolute Gasteiger partial charge is 0.472 e. The van der Waals surface area contributed by atoms with Crippen molar-refractivity contribution in [2.24, 2.45) is 0 Å². The Bertz CT molecular complexity index is 491. The average molecular weight is 245 g/mol. The minimum Gasteiger partial charge on any atom is -0.472 e. The standard InChI is InChI=1S/C15H19NO2/c1-4-5-14(17)13-9-18-15(16-13)12-8-10(2)6-7-11(12)3/h6-9,15-16H,4-5H2,1-3H3. The molecule has 0 amide bonds. The molecule has 0 fully saturated rings. The number of ketones is 1. The Balaban J connectivity index is 2.11. The van der Waals surface area contributed by atoms with Crippen LogP contribution in [-0.4, -0.2) is 5.78 Å². The van der Waals surface area contributed by atoms with Gasteiger partial charge in [0.2, 0.25) is 0 Å². The second-order valence-corrected chi connectivity index (χ2v) is 4.73. The predicted molar refractivity (Wildman–Crippen MR) is 70.9 cm³/mol. The van der Waals surface area contributed by atoms with Crippen LogP contribution < -0.4 is 5.32 Å². The molecule has 1 heterocycles. The smallest absolute Gasteiger partial charge is 0.196 e. The van der Waals surface area contributed by atoms with E-state index in [2.05, 4.69) is 30.4 Å². The lowest BCUT2D eigenvalue weighted by Gasteiger charge is -2.15. The number of allylic oxidation sites excluding steroid dienone is 1. The molecular weight excluding hydrogens is 226 g/mol. The van der Waals surface area contributed by atoms with Crippen molar-refractivity contribution < 1.29 is 9.53 Å². The maximum absolute atomic E-state index is 11.8. The van der Waals surface area contributed by atoms with E-state index in [1.54, 1.807) is 6.26 Å². The highest BCUT2D eigenvalue weighted by atomic mass is 16.5. The molecule has 1 aromatic carbocycles. The number of aryl methyl sites for hydroxylation is 2. The first-order valence-electron chi connectivity index (χ1n) is 6.34. The number of rotatable bonds is 4. The fraction of sp³-hybridized carbons (Fsp3) is 0.400. The quantitative estimate of drug-likeness (QED) is 0.885. The summed E-state index contributed by atoms with van der Waals surface area (Å²) in [5.41, 5.74) is 4.03. The molecule has 1 aromatic rings. The Morgan fingerprint density at radius 2 is 2.17 bits per heavy atom. The zero-order valence-electron chi connectivity index (χ0n) is 11.1. The van der Waals surface area contributed by atoms with Gasteiger partial charge in [0, 0.05) is 12.0 Å². The van der Waals surface area contributed by atoms with Crippen molar-refractivity contribution in [2.45, 2.75) is 39.8 Å². The first-order valence-corrected chi connectivity index (χ1v) is 6.34. The lowest BCUT2D eigenvalue weighted by Crippen LogP contribution is -2.21. The summed E-state index contributed by atoms with van der Waals surface area (Å²) in [7, 11) is 0. The van der Waals surface area contributed by atoms with Crippen LogP contribution in [0.5, 0.6) is 0 Å². The fourth-order valence-corrected chi connectivity index (χ4v) is 2.05. The number of hydrogen-bond donors (Lipinski definition) is 1. The highest BCUT2D eigenvalue weighted by Gasteiger charge is 2.24. The van der Waals surface area contributed by atoms with Crippen LogP contribution in [0.15, 0.2) is 30.2 Å². The Kier molecular flexibility index (Phi) is 3.70. The highest BCUT2D eigenvalue weighted by molar-refractivity contribution is 5.94. The Morgan fingerprint density at radius 3 is 2.89 bits per heavy atom. The van der Waals surface area contributed by atoms with E-state index >= 15 is 0 Å². The van der Waals surface area contributed by atoms with Gasteiger partial charge in [-0.05, 0) is 25.8 Å². The van der Waals surface area contributed by atoms with Crippen LogP contribution >= 0.6 is 0 Å². The number of carbonyl (C=O) groups excluding carboxylic acids is 1. The van der Waals surface area contributed by atoms with Crippen molar-refractivity contribution >= 4 is 5.78 Å². The molecule has 0 bridgehead atoms. The molecule has 3 nitrogen and oxygen atoms in total. The minimum absolute atomic E-state index is 0.116. The summed E-state index contributed by atoms with van der Waals surface area (Å²) in [5.74, 6) is 0.116. The van der Waals surface area contributed by atoms with Crippen molar-refractivity contribution in [3.05, 3.63) is 46.8 Å². The molecule has 1 unspecified atom stereocenters. The van der Waals surface area contributed by atoms with Crippen LogP contribution in [0.2, 0.25) is 0 Å². The topological polar surface area (TPSA) is 38.3 Å². The van der Waals surface area contributed by atoms with Gasteiger partial charge in [-0.3, -0.25) is 4.79 Å². The van der Waals surface area contributed by atoms with Gasteiger partial charge in [0.05, 0.1) is 0 Å². The number of hydrogen-bond acceptors (Lipinski definition) is 3. The average Bonchev–Trinajstić information content (AvgIpc) is 2.82. The number of Topliss-reactive ketones (excluding diaryl/α,β-unsaturated/α-hetero) is 1. The molecule has 18 heavy (non-hydrogen) atoms. The van der Waals surface area contributed by atoms with Crippen LogP contribution in [0.25, 0.3) is 0 Å². The number of ether oxygens (including phenoxy) is 1. The molecule has 96 valence electrons. The van der Waals surface area contributed by atoms with Crippen LogP contribution in [0.4, 0.5) is 0 Å². The van der Waals surface area contributed by atoms with Crippen LogP contribution in [0.3, 0.4) is 0 Å². The minimum atomic E-state index is -0.235. The first kappa shape index (κ1) is 12.7. The second-order valence-electron chi connectivity index (χ2n) is 4.73. The van der Waals surface area contributed by atoms with E-state index in [-0.39, 0.29) is 12.0 Å². The Labute approximate surface area is 108 Å². The van der Waals surface area contributed by atoms with Crippen LogP contribution in [0, 0.1) is 13.8 Å². The van der Waals surface area contributed by atoms with Gasteiger partial charge in [0.15, 0.2) is 12.0 Å². The summed E-state index contributed by atoms with van der Waals surface area (Å²) in [5, 5.41) is 3.15. The molecule has 0 aliphatic carbocycles. The summed E-state index contributed by atoms with van der Waals surface area (Å²) in [6, 6.07) is 6.24. The van der Waals surface area contributed by atoms with E-state index in [4.69, 9.17) is 4.74 Å². The lowest BCUT2D eigenvalue weighted by atomic mass is 10.0. The van der Waals surface area contributed by atoms with E-state index in [1.807, 2.05) is 13.8 Å². The molecule has 0 spiro atoms. The predicted octanol–water partition coefficient (Wildman–Crippen LogP) is 3.13.